The number of phosphoric ester groups is 3. The Morgan fingerprint density at radius 1 is 0.486 bits per heavy atom. The molecule has 0 spiro atoms. The lowest BCUT2D eigenvalue weighted by atomic mass is 10.1. The number of nitro benzene ring substituents is 1. The van der Waals surface area contributed by atoms with Crippen LogP contribution in [0, 0.1) is 45.0 Å². The van der Waals surface area contributed by atoms with Crippen LogP contribution in [0.2, 0.25) is 72.5 Å². The van der Waals surface area contributed by atoms with E-state index in [9.17, 15) is 79.9 Å². The second kappa shape index (κ2) is 44.6. The zero-order valence-electron chi connectivity index (χ0n) is 81.0. The van der Waals surface area contributed by atoms with Gasteiger partial charge in [0.1, 0.15) is 107 Å². The Labute approximate surface area is 800 Å². The van der Waals surface area contributed by atoms with Crippen LogP contribution in [0.5, 0.6) is 5.75 Å². The molecule has 6 saturated heterocycles. The highest BCUT2D eigenvalue weighted by atomic mass is 31.2. The highest BCUT2D eigenvalue weighted by Gasteiger charge is 2.58. The van der Waals surface area contributed by atoms with E-state index in [2.05, 4.69) is 155 Å². The molecular weight excluding hydrogens is 1950 g/mol. The van der Waals surface area contributed by atoms with Gasteiger partial charge in [0.15, 0.2) is 57.8 Å². The van der Waals surface area contributed by atoms with Crippen molar-refractivity contribution in [2.45, 2.75) is 267 Å². The fraction of sp³-hybridized carbons (Fsp3) is 0.575. The summed E-state index contributed by atoms with van der Waals surface area (Å²) in [7, 11) is -18.3. The Morgan fingerprint density at radius 3 is 1.17 bits per heavy atom. The summed E-state index contributed by atoms with van der Waals surface area (Å²) in [6, 6.07) is 18.0. The van der Waals surface area contributed by atoms with Crippen molar-refractivity contribution >= 4 is 86.2 Å². The molecule has 3 aromatic heterocycles. The minimum absolute atomic E-state index is 0.00689. The lowest BCUT2D eigenvalue weighted by Gasteiger charge is -2.44. The summed E-state index contributed by atoms with van der Waals surface area (Å²) in [5, 5.41) is 40.9. The molecule has 51 heteroatoms. The van der Waals surface area contributed by atoms with Crippen molar-refractivity contribution in [1.82, 2.24) is 33.6 Å². The highest BCUT2D eigenvalue weighted by Crippen LogP contribution is 2.61. The third kappa shape index (κ3) is 28.6. The summed E-state index contributed by atoms with van der Waals surface area (Å²) in [5.74, 6) is -4.38. The molecule has 38 nitrogen and oxygen atoms in total. The maximum absolute atomic E-state index is 13.9. The average molecular weight is 2080 g/mol. The molecule has 4 aromatic carbocycles. The smallest absolute Gasteiger partial charge is 0.408 e. The standard InChI is InChI=1S/C30H48F2N3O8PSi2.C24H46N4O5Si2.C18H20F2N3O8P.C15H12F2NO6P/c1-29(2,3)45(7,8)42-25-23(18-39-44(37)38-14-12-22(41-44)19-15-20(31)17-21(32)16-19)40-27(35-13-11-24(33)34-28(35)36)26(25)43-46(9,10)30(4,5)6;1-23(2,3)34(9,10)32-19-17(15-29)31-21(20(19)33-35(11,12)24(4,5)6)28-14-13-18(26-22(28)30)25-16-27(7)8;19-10-5-9(6-11(20)7-10)12-2-4-28-32(27,31-12)29-8-13-15(24)16(25)17(30-13)23-3-1-14(21)22-18(23)26;16-11-7-10(8-12(17)9-11)15-5-6-22-25(21,24-15)23-14-3-1-13(2-4-14)18(19)20/h11,13,15-17,22-23,25-27H,12,14,18H2,1-10H3,(H2,33,34,36);13-14,16-17,19-21,29H,15H2,1-12H3;1,3,5-7,12-13,15-17,24-25H,2,4,8H2,(H2,21,22,26);1-4,7-9,15H,5-6H2/t22-,23-,25-,26+,27-,44+;17-,19-,20+,21-;12-,13-,15-,16+,17-,32+;15-,25-/m1111/s1. The number of nitro groups is 1. The molecule has 7 aromatic rings. The number of hydrogen-bond acceptors (Lipinski definition) is 33. The second-order valence-corrected chi connectivity index (χ2v) is 63.8. The maximum atomic E-state index is 13.9. The number of halogens is 6. The summed E-state index contributed by atoms with van der Waals surface area (Å²) < 4.78 is 219. The Bertz CT molecular complexity index is 5720. The molecule has 764 valence electrons. The first-order chi connectivity index (χ1) is 63.8. The topological polar surface area (TPSA) is 475 Å². The van der Waals surface area contributed by atoms with E-state index in [0.717, 1.165) is 53.1 Å². The van der Waals surface area contributed by atoms with Crippen molar-refractivity contribution in [1.29, 1.82) is 0 Å². The number of benzene rings is 4. The summed E-state index contributed by atoms with van der Waals surface area (Å²) in [6.07, 6.45) is -7.57. The number of ether oxygens (including phenoxy) is 3. The van der Waals surface area contributed by atoms with Crippen molar-refractivity contribution < 1.29 is 133 Å². The molecule has 7 N–H and O–H groups in total. The van der Waals surface area contributed by atoms with Crippen molar-refractivity contribution in [2.75, 3.05) is 65.2 Å². The first-order valence-electron chi connectivity index (χ1n) is 44.4. The van der Waals surface area contributed by atoms with Gasteiger partial charge in [0, 0.05) is 82.3 Å². The van der Waals surface area contributed by atoms with Crippen LogP contribution in [0.1, 0.15) is 156 Å². The van der Waals surface area contributed by atoms with Gasteiger partial charge in [-0.1, -0.05) is 83.1 Å². The minimum atomic E-state index is -4.22. The maximum Gasteiger partial charge on any atom is 0.530 e. The predicted molar refractivity (Wildman–Crippen MR) is 506 cm³/mol. The third-order valence-corrected chi connectivity index (χ3v) is 47.6. The molecule has 9 heterocycles. The summed E-state index contributed by atoms with van der Waals surface area (Å²) in [6.45, 7) is 41.5. The number of anilines is 2. The first-order valence-corrected chi connectivity index (χ1v) is 60.4. The van der Waals surface area contributed by atoms with E-state index in [1.165, 1.54) is 57.9 Å². The highest BCUT2D eigenvalue weighted by molar-refractivity contribution is 7.49. The fourth-order valence-electron chi connectivity index (χ4n) is 13.7. The number of phosphoric acid groups is 3. The van der Waals surface area contributed by atoms with Crippen LogP contribution < -0.4 is 33.1 Å². The Kier molecular flexibility index (Phi) is 36.3. The Hall–Kier alpha value is -7.79. The van der Waals surface area contributed by atoms with Crippen LogP contribution in [0.3, 0.4) is 0 Å². The van der Waals surface area contributed by atoms with Crippen LogP contribution in [-0.4, -0.2) is 202 Å². The van der Waals surface area contributed by atoms with Gasteiger partial charge in [0.25, 0.3) is 5.69 Å². The van der Waals surface area contributed by atoms with Gasteiger partial charge < -0.3 is 68.1 Å². The zero-order valence-corrected chi connectivity index (χ0v) is 87.7. The first kappa shape index (κ1) is 112. The third-order valence-electron chi connectivity index (χ3n) is 25.3. The SMILES string of the molecule is CC(C)(C)[Si](C)(C)O[C@H]1[C@H](O[Si](C)(C)C(C)(C)C)[C@@H](CO[P@]2(=O)OCC[C@H](c3cc(F)cc(F)c3)O2)O[C@H]1n1ccc(N)nc1=O.CN(C)C=Nc1ccn([C@@H]2O[C@H](CO)[C@@H](O[Si](C)(C)C(C)(C)C)[C@@H]2O[Si](C)(C)C(C)(C)C)c(=O)n1.Nc1ccn([C@@H]2O[C@H](CO[P@]3(=O)OCC[C@H](c4cc(F)cc(F)c4)O3)[C@@H](O)[C@@H]2O)c(=O)n1.O=[N+]([O-])c1ccc(O[P@@]2(=O)OCC[C@H](c3cc(F)cc(F)c3)O2)cc1. The lowest BCUT2D eigenvalue weighted by Crippen LogP contribution is -2.54. The van der Waals surface area contributed by atoms with Gasteiger partial charge in [0.05, 0.1) is 69.2 Å². The molecule has 0 saturated carbocycles. The van der Waals surface area contributed by atoms with Gasteiger partial charge in [-0.3, -0.25) is 60.0 Å². The van der Waals surface area contributed by atoms with Gasteiger partial charge in [-0.25, -0.2) is 59.4 Å². The molecule has 0 unspecified atom stereocenters. The van der Waals surface area contributed by atoms with Gasteiger partial charge in [-0.2, -0.15) is 15.0 Å². The molecule has 13 rings (SSSR count). The van der Waals surface area contributed by atoms with E-state index >= 15 is 0 Å². The lowest BCUT2D eigenvalue weighted by molar-refractivity contribution is -0.384. The number of aliphatic hydroxyl groups is 3. The van der Waals surface area contributed by atoms with Gasteiger partial charge >= 0.3 is 40.5 Å². The number of nitrogens with two attached hydrogens (primary N) is 2. The average Bonchev–Trinajstić information content (AvgIpc) is 1.60. The monoisotopic (exact) mass is 2080 g/mol. The van der Waals surface area contributed by atoms with Gasteiger partial charge in [0.2, 0.25) is 0 Å². The van der Waals surface area contributed by atoms with Crippen molar-refractivity contribution in [3.8, 4) is 5.75 Å². The zero-order chi connectivity index (χ0) is 103. The molecule has 0 amide bonds. The molecule has 6 aliphatic heterocycles. The van der Waals surface area contributed by atoms with Crippen molar-refractivity contribution in [3.05, 3.63) is 209 Å². The Balaban J connectivity index is 0.000000194. The van der Waals surface area contributed by atoms with E-state index in [0.29, 0.717) is 11.9 Å². The molecule has 0 bridgehead atoms. The van der Waals surface area contributed by atoms with Crippen LogP contribution in [0.25, 0.3) is 0 Å². The van der Waals surface area contributed by atoms with Crippen molar-refractivity contribution in [2.24, 2.45) is 4.99 Å². The molecule has 6 aliphatic rings. The predicted octanol–water partition coefficient (Wildman–Crippen LogP) is 16.8. The number of non-ortho nitro benzene ring substituents is 1. The molecular formula is C87H126F6N11O27P3Si4. The number of rotatable bonds is 26. The number of aromatic nitrogens is 6. The van der Waals surface area contributed by atoms with Crippen molar-refractivity contribution in [3.63, 3.8) is 0 Å². The van der Waals surface area contributed by atoms with E-state index in [-0.39, 0.29) is 112 Å². The number of nitrogen functional groups attached to an aromatic ring is 2. The largest absolute Gasteiger partial charge is 0.530 e. The number of nitrogens with zero attached hydrogens (tertiary/aromatic N) is 9. The molecule has 138 heavy (non-hydrogen) atoms. The summed E-state index contributed by atoms with van der Waals surface area (Å²) in [4.78, 5) is 65.7. The van der Waals surface area contributed by atoms with Crippen LogP contribution in [-0.2, 0) is 81.8 Å². The van der Waals surface area contributed by atoms with E-state index in [1.807, 2.05) is 14.1 Å². The molecule has 0 radical (unpaired) electrons. The normalized spacial score (nSPS) is 27.3. The van der Waals surface area contributed by atoms with Crippen LogP contribution >= 0.6 is 23.5 Å². The van der Waals surface area contributed by atoms with E-state index in [1.54, 1.807) is 23.5 Å². The summed E-state index contributed by atoms with van der Waals surface area (Å²) >= 11 is 0. The quantitative estimate of drug-likeness (QED) is 0.00639. The van der Waals surface area contributed by atoms with E-state index < -0.39 is 212 Å². The number of aliphatic imine (C=N–C) groups is 1. The van der Waals surface area contributed by atoms with Crippen LogP contribution in [0.15, 0.2) is 135 Å². The second-order valence-electron chi connectivity index (χ2n) is 40.0. The summed E-state index contributed by atoms with van der Waals surface area (Å²) in [5.41, 5.74) is 9.62. The Morgan fingerprint density at radius 2 is 0.812 bits per heavy atom. The molecule has 6 fully saturated rings. The van der Waals surface area contributed by atoms with Gasteiger partial charge in [-0.15, -0.1) is 0 Å². The molecule has 0 aliphatic carbocycles. The minimum Gasteiger partial charge on any atom is -0.408 e. The number of hydrogen-bond donors (Lipinski definition) is 5. The fourth-order valence-corrected chi connectivity index (χ4v) is 23.1. The molecule has 18 atom stereocenters. The van der Waals surface area contributed by atoms with Gasteiger partial charge in [-0.05, 0) is 156 Å². The van der Waals surface area contributed by atoms with Crippen LogP contribution in [0.4, 0.5) is 49.5 Å². The van der Waals surface area contributed by atoms with E-state index in [4.69, 9.17) is 84.1 Å². The number of aliphatic hydroxyl groups excluding tert-OH is 3.